The Kier molecular flexibility index (Phi) is 6.22. The van der Waals surface area contributed by atoms with Gasteiger partial charge in [0.25, 0.3) is 5.89 Å². The van der Waals surface area contributed by atoms with Gasteiger partial charge < -0.3 is 19.5 Å². The zero-order valence-electron chi connectivity index (χ0n) is 15.4. The summed E-state index contributed by atoms with van der Waals surface area (Å²) in [7, 11) is 0. The lowest BCUT2D eigenvalue weighted by molar-refractivity contribution is 0.0850. The largest absolute Gasteiger partial charge is 0.367 e. The fraction of sp³-hybridized carbons (Fsp3) is 0.526. The molecule has 0 bridgehead atoms. The van der Waals surface area contributed by atoms with E-state index in [4.69, 9.17) is 9.26 Å². The number of aromatic nitrogens is 2. The molecular weight excluding hydrogens is 332 g/mol. The summed E-state index contributed by atoms with van der Waals surface area (Å²) in [5.74, 6) is 1.23. The average Bonchev–Trinajstić information content (AvgIpc) is 3.11. The van der Waals surface area contributed by atoms with Crippen LogP contribution >= 0.6 is 0 Å². The first-order chi connectivity index (χ1) is 12.6. The van der Waals surface area contributed by atoms with Gasteiger partial charge in [0.15, 0.2) is 5.82 Å². The van der Waals surface area contributed by atoms with Gasteiger partial charge in [-0.15, -0.1) is 0 Å². The third kappa shape index (κ3) is 5.05. The normalized spacial score (nSPS) is 17.5. The van der Waals surface area contributed by atoms with E-state index < -0.39 is 0 Å². The molecular formula is C19H26N4O3. The number of carbonyl (C=O) groups excluding carboxylic acids is 1. The summed E-state index contributed by atoms with van der Waals surface area (Å²) < 4.78 is 10.9. The van der Waals surface area contributed by atoms with Gasteiger partial charge in [0.2, 0.25) is 0 Å². The van der Waals surface area contributed by atoms with Crippen LogP contribution in [0.3, 0.4) is 0 Å². The van der Waals surface area contributed by atoms with Crippen LogP contribution in [0.2, 0.25) is 0 Å². The van der Waals surface area contributed by atoms with Gasteiger partial charge in [0.1, 0.15) is 6.61 Å². The van der Waals surface area contributed by atoms with Gasteiger partial charge in [-0.2, -0.15) is 4.98 Å². The van der Waals surface area contributed by atoms with E-state index in [1.54, 1.807) is 0 Å². The van der Waals surface area contributed by atoms with Crippen LogP contribution in [0.4, 0.5) is 4.79 Å². The van der Waals surface area contributed by atoms with Gasteiger partial charge in [-0.05, 0) is 32.3 Å². The molecule has 7 nitrogen and oxygen atoms in total. The molecule has 1 unspecified atom stereocenters. The van der Waals surface area contributed by atoms with Crippen molar-refractivity contribution in [2.75, 3.05) is 13.1 Å². The summed E-state index contributed by atoms with van der Waals surface area (Å²) in [4.78, 5) is 18.5. The van der Waals surface area contributed by atoms with Crippen molar-refractivity contribution < 1.29 is 14.1 Å². The first-order valence-electron chi connectivity index (χ1n) is 9.11. The van der Waals surface area contributed by atoms with Crippen LogP contribution in [0.1, 0.15) is 49.9 Å². The van der Waals surface area contributed by atoms with Crippen molar-refractivity contribution in [1.82, 2.24) is 20.4 Å². The molecule has 26 heavy (non-hydrogen) atoms. The number of likely N-dealkylation sites (tertiary alicyclic amines) is 1. The van der Waals surface area contributed by atoms with Gasteiger partial charge in [0, 0.05) is 25.0 Å². The molecule has 140 valence electrons. The van der Waals surface area contributed by atoms with E-state index in [-0.39, 0.29) is 24.6 Å². The summed E-state index contributed by atoms with van der Waals surface area (Å²) >= 11 is 0. The molecule has 2 amide bonds. The van der Waals surface area contributed by atoms with E-state index in [1.807, 2.05) is 49.1 Å². The molecule has 1 aromatic heterocycles. The number of hydrogen-bond donors (Lipinski definition) is 1. The highest BCUT2D eigenvalue weighted by molar-refractivity contribution is 5.74. The van der Waals surface area contributed by atoms with Crippen LogP contribution in [0.25, 0.3) is 0 Å². The molecule has 3 rings (SSSR count). The van der Waals surface area contributed by atoms with E-state index in [9.17, 15) is 4.79 Å². The standard InChI is InChI=1S/C19H26N4O3/c1-14(2)20-19(24)23-10-6-9-16(11-23)18-21-17(26-22-18)13-25-12-15-7-4-3-5-8-15/h3-5,7-8,14,16H,6,9-13H2,1-2H3,(H,20,24). The maximum atomic E-state index is 12.2. The van der Waals surface area contributed by atoms with Crippen molar-refractivity contribution in [3.63, 3.8) is 0 Å². The molecule has 0 aliphatic carbocycles. The summed E-state index contributed by atoms with van der Waals surface area (Å²) in [5.41, 5.74) is 1.10. The monoisotopic (exact) mass is 358 g/mol. The minimum Gasteiger partial charge on any atom is -0.367 e. The third-order valence-corrected chi connectivity index (χ3v) is 4.31. The maximum Gasteiger partial charge on any atom is 0.317 e. The van der Waals surface area contributed by atoms with Crippen molar-refractivity contribution in [3.05, 3.63) is 47.6 Å². The summed E-state index contributed by atoms with van der Waals surface area (Å²) in [6, 6.07) is 10.1. The molecule has 0 saturated carbocycles. The first kappa shape index (κ1) is 18.4. The lowest BCUT2D eigenvalue weighted by atomic mass is 9.97. The smallest absolute Gasteiger partial charge is 0.317 e. The van der Waals surface area contributed by atoms with E-state index in [1.165, 1.54) is 0 Å². The molecule has 1 saturated heterocycles. The highest BCUT2D eigenvalue weighted by Crippen LogP contribution is 2.25. The molecule has 0 radical (unpaired) electrons. The number of carbonyl (C=O) groups is 1. The second kappa shape index (κ2) is 8.80. The Morgan fingerprint density at radius 2 is 2.15 bits per heavy atom. The Morgan fingerprint density at radius 3 is 2.92 bits per heavy atom. The Labute approximate surface area is 153 Å². The van der Waals surface area contributed by atoms with E-state index in [0.717, 1.165) is 24.9 Å². The Morgan fingerprint density at radius 1 is 1.35 bits per heavy atom. The Bertz CT molecular complexity index is 702. The van der Waals surface area contributed by atoms with Crippen molar-refractivity contribution in [3.8, 4) is 0 Å². The SMILES string of the molecule is CC(C)NC(=O)N1CCCC(c2noc(COCc3ccccc3)n2)C1. The molecule has 1 aromatic carbocycles. The van der Waals surface area contributed by atoms with Gasteiger partial charge in [-0.25, -0.2) is 4.79 Å². The Balaban J connectivity index is 1.51. The number of hydrogen-bond acceptors (Lipinski definition) is 5. The highest BCUT2D eigenvalue weighted by atomic mass is 16.5. The van der Waals surface area contributed by atoms with Crippen molar-refractivity contribution in [2.24, 2.45) is 0 Å². The number of piperidine rings is 1. The number of nitrogens with one attached hydrogen (secondary N) is 1. The molecule has 7 heteroatoms. The predicted octanol–water partition coefficient (Wildman–Crippen LogP) is 3.08. The van der Waals surface area contributed by atoms with Crippen LogP contribution < -0.4 is 5.32 Å². The van der Waals surface area contributed by atoms with Crippen molar-refractivity contribution in [1.29, 1.82) is 0 Å². The Hall–Kier alpha value is -2.41. The summed E-state index contributed by atoms with van der Waals surface area (Å²) in [6.07, 6.45) is 1.89. The van der Waals surface area contributed by atoms with E-state index in [2.05, 4.69) is 15.5 Å². The topological polar surface area (TPSA) is 80.5 Å². The van der Waals surface area contributed by atoms with Gasteiger partial charge in [-0.3, -0.25) is 0 Å². The highest BCUT2D eigenvalue weighted by Gasteiger charge is 2.28. The quantitative estimate of drug-likeness (QED) is 0.858. The number of urea groups is 1. The van der Waals surface area contributed by atoms with Crippen LogP contribution in [-0.4, -0.2) is 40.2 Å². The first-order valence-corrected chi connectivity index (χ1v) is 9.11. The number of nitrogens with zero attached hydrogens (tertiary/aromatic N) is 3. The van der Waals surface area contributed by atoms with Gasteiger partial charge >= 0.3 is 6.03 Å². The zero-order chi connectivity index (χ0) is 18.4. The zero-order valence-corrected chi connectivity index (χ0v) is 15.4. The number of amides is 2. The summed E-state index contributed by atoms with van der Waals surface area (Å²) in [5, 5.41) is 7.03. The number of benzene rings is 1. The van der Waals surface area contributed by atoms with E-state index >= 15 is 0 Å². The fourth-order valence-electron chi connectivity index (χ4n) is 3.03. The molecule has 1 aliphatic rings. The van der Waals surface area contributed by atoms with Gasteiger partial charge in [-0.1, -0.05) is 35.5 Å². The summed E-state index contributed by atoms with van der Waals surface area (Å²) in [6.45, 7) is 6.08. The maximum absolute atomic E-state index is 12.2. The molecule has 0 spiro atoms. The van der Waals surface area contributed by atoms with Gasteiger partial charge in [0.05, 0.1) is 6.61 Å². The van der Waals surface area contributed by atoms with E-state index in [0.29, 0.717) is 24.9 Å². The predicted molar refractivity (Wildman–Crippen MR) is 96.4 cm³/mol. The molecule has 1 N–H and O–H groups in total. The fourth-order valence-corrected chi connectivity index (χ4v) is 3.03. The second-order valence-electron chi connectivity index (χ2n) is 6.91. The third-order valence-electron chi connectivity index (χ3n) is 4.31. The lowest BCUT2D eigenvalue weighted by Gasteiger charge is -2.31. The average molecular weight is 358 g/mol. The van der Waals surface area contributed by atoms with Crippen LogP contribution in [-0.2, 0) is 18.0 Å². The van der Waals surface area contributed by atoms with Crippen molar-refractivity contribution >= 4 is 6.03 Å². The van der Waals surface area contributed by atoms with Crippen LogP contribution in [0, 0.1) is 0 Å². The second-order valence-corrected chi connectivity index (χ2v) is 6.91. The lowest BCUT2D eigenvalue weighted by Crippen LogP contribution is -2.47. The molecule has 2 aromatic rings. The molecule has 1 aliphatic heterocycles. The molecule has 1 atom stereocenters. The van der Waals surface area contributed by atoms with Crippen molar-refractivity contribution in [2.45, 2.75) is 51.9 Å². The van der Waals surface area contributed by atoms with Crippen LogP contribution in [0.15, 0.2) is 34.9 Å². The van der Waals surface area contributed by atoms with Crippen LogP contribution in [0.5, 0.6) is 0 Å². The minimum atomic E-state index is -0.0281. The number of rotatable bonds is 6. The number of ether oxygens (including phenoxy) is 1. The molecule has 2 heterocycles. The molecule has 1 fully saturated rings. The minimum absolute atomic E-state index is 0.0281.